The number of cyclic esters (lactones) is 1. The molecule has 5 heteroatoms. The fourth-order valence-corrected chi connectivity index (χ4v) is 1.14. The van der Waals surface area contributed by atoms with Crippen molar-refractivity contribution in [1.29, 1.82) is 0 Å². The first-order valence-electron chi connectivity index (χ1n) is 3.75. The summed E-state index contributed by atoms with van der Waals surface area (Å²) in [5.41, 5.74) is -1.21. The molecule has 5 nitrogen and oxygen atoms in total. The number of methoxy groups -OCH3 is 1. The number of Topliss-reactive ketones (excluding diaryl/α,β-unsaturated/α-hetero) is 1. The van der Waals surface area contributed by atoms with Crippen LogP contribution in [0.4, 0.5) is 0 Å². The number of esters is 2. The summed E-state index contributed by atoms with van der Waals surface area (Å²) in [5.74, 6) is -3.65. The van der Waals surface area contributed by atoms with Gasteiger partial charge in [0.15, 0.2) is 5.60 Å². The lowest BCUT2D eigenvalue weighted by atomic mass is 9.96. The van der Waals surface area contributed by atoms with Crippen molar-refractivity contribution >= 4 is 17.7 Å². The summed E-state index contributed by atoms with van der Waals surface area (Å²) in [4.78, 5) is 33.4. The molecule has 0 amide bonds. The van der Waals surface area contributed by atoms with Crippen molar-refractivity contribution in [1.82, 2.24) is 0 Å². The van der Waals surface area contributed by atoms with E-state index in [9.17, 15) is 14.4 Å². The number of carbonyl (C=O) groups excluding carboxylic acids is 3. The summed E-state index contributed by atoms with van der Waals surface area (Å²) in [6.45, 7) is 2.88. The van der Waals surface area contributed by atoms with E-state index in [-0.39, 0.29) is 0 Å². The molecule has 72 valence electrons. The number of hydrogen-bond acceptors (Lipinski definition) is 5. The molecular formula is C8H10O5. The van der Waals surface area contributed by atoms with Gasteiger partial charge in [-0.1, -0.05) is 0 Å². The molecule has 1 rings (SSSR count). The summed E-state index contributed by atoms with van der Waals surface area (Å²) < 4.78 is 9.01. The molecule has 0 aromatic rings. The molecule has 1 aliphatic rings. The van der Waals surface area contributed by atoms with Crippen LogP contribution in [-0.2, 0) is 23.9 Å². The van der Waals surface area contributed by atoms with Crippen LogP contribution in [0.5, 0.6) is 0 Å². The van der Waals surface area contributed by atoms with Crippen LogP contribution in [0.15, 0.2) is 0 Å². The quantitative estimate of drug-likeness (QED) is 0.414. The Bertz CT molecular complexity index is 278. The van der Waals surface area contributed by atoms with Crippen molar-refractivity contribution < 1.29 is 23.9 Å². The second-order valence-corrected chi connectivity index (χ2v) is 3.25. The van der Waals surface area contributed by atoms with E-state index in [1.807, 2.05) is 0 Å². The summed E-state index contributed by atoms with van der Waals surface area (Å²) in [7, 11) is 1.12. The van der Waals surface area contributed by atoms with Gasteiger partial charge < -0.3 is 9.47 Å². The van der Waals surface area contributed by atoms with E-state index in [0.29, 0.717) is 0 Å². The summed E-state index contributed by atoms with van der Waals surface area (Å²) in [6.07, 6.45) is 0. The molecule has 1 unspecified atom stereocenters. The molecule has 1 fully saturated rings. The molecule has 0 aliphatic carbocycles. The van der Waals surface area contributed by atoms with Crippen molar-refractivity contribution in [2.75, 3.05) is 7.11 Å². The highest BCUT2D eigenvalue weighted by molar-refractivity contribution is 6.21. The number of ether oxygens (including phenoxy) is 2. The number of rotatable bonds is 1. The molecule has 1 saturated heterocycles. The average molecular weight is 186 g/mol. The Balaban J connectivity index is 2.95. The van der Waals surface area contributed by atoms with Gasteiger partial charge in [0, 0.05) is 0 Å². The fraction of sp³-hybridized carbons (Fsp3) is 0.625. The lowest BCUT2D eigenvalue weighted by Gasteiger charge is -2.12. The molecule has 0 aromatic heterocycles. The second kappa shape index (κ2) is 2.83. The summed E-state index contributed by atoms with van der Waals surface area (Å²) in [5, 5.41) is 0. The molecular weight excluding hydrogens is 176 g/mol. The predicted octanol–water partition coefficient (Wildman–Crippen LogP) is -0.320. The van der Waals surface area contributed by atoms with Crippen LogP contribution in [0.25, 0.3) is 0 Å². The maximum absolute atomic E-state index is 11.4. The van der Waals surface area contributed by atoms with E-state index in [1.165, 1.54) is 13.8 Å². The Morgan fingerprint density at radius 1 is 1.46 bits per heavy atom. The van der Waals surface area contributed by atoms with E-state index in [1.54, 1.807) is 0 Å². The molecule has 0 bridgehead atoms. The van der Waals surface area contributed by atoms with Crippen LogP contribution in [0.3, 0.4) is 0 Å². The zero-order chi connectivity index (χ0) is 10.2. The number of ketones is 1. The Morgan fingerprint density at radius 2 is 2.00 bits per heavy atom. The van der Waals surface area contributed by atoms with Gasteiger partial charge in [-0.2, -0.15) is 0 Å². The summed E-state index contributed by atoms with van der Waals surface area (Å²) in [6, 6.07) is 0. The Labute approximate surface area is 75.0 Å². The first-order valence-corrected chi connectivity index (χ1v) is 3.75. The normalized spacial score (nSPS) is 25.6. The van der Waals surface area contributed by atoms with Gasteiger partial charge in [-0.15, -0.1) is 0 Å². The van der Waals surface area contributed by atoms with Crippen LogP contribution < -0.4 is 0 Å². The Kier molecular flexibility index (Phi) is 2.11. The lowest BCUT2D eigenvalue weighted by molar-refractivity contribution is -0.156. The third kappa shape index (κ3) is 1.41. The van der Waals surface area contributed by atoms with E-state index in [2.05, 4.69) is 4.74 Å². The van der Waals surface area contributed by atoms with E-state index >= 15 is 0 Å². The molecule has 1 heterocycles. The van der Waals surface area contributed by atoms with E-state index in [4.69, 9.17) is 4.74 Å². The Hall–Kier alpha value is -1.39. The lowest BCUT2D eigenvalue weighted by Crippen LogP contribution is -2.33. The fourth-order valence-electron chi connectivity index (χ4n) is 1.14. The SMILES string of the molecule is COC(=O)C1C(=O)OC(C)(C)C1=O. The Morgan fingerprint density at radius 3 is 2.31 bits per heavy atom. The minimum Gasteiger partial charge on any atom is -0.468 e. The highest BCUT2D eigenvalue weighted by Crippen LogP contribution is 2.27. The highest BCUT2D eigenvalue weighted by Gasteiger charge is 2.53. The molecule has 0 spiro atoms. The standard InChI is InChI=1S/C8H10O5/c1-8(2)5(9)4(6(10)12-3)7(11)13-8/h4H,1-3H3. The maximum Gasteiger partial charge on any atom is 0.329 e. The van der Waals surface area contributed by atoms with Crippen molar-refractivity contribution in [3.8, 4) is 0 Å². The first kappa shape index (κ1) is 9.70. The average Bonchev–Trinajstić information content (AvgIpc) is 2.21. The monoisotopic (exact) mass is 186 g/mol. The van der Waals surface area contributed by atoms with Crippen LogP contribution in [0.2, 0.25) is 0 Å². The van der Waals surface area contributed by atoms with Gasteiger partial charge in [0.25, 0.3) is 0 Å². The molecule has 13 heavy (non-hydrogen) atoms. The van der Waals surface area contributed by atoms with E-state index < -0.39 is 29.2 Å². The minimum absolute atomic E-state index is 0.552. The van der Waals surface area contributed by atoms with Crippen molar-refractivity contribution in [3.63, 3.8) is 0 Å². The van der Waals surface area contributed by atoms with Crippen molar-refractivity contribution in [2.45, 2.75) is 19.4 Å². The number of hydrogen-bond donors (Lipinski definition) is 0. The van der Waals surface area contributed by atoms with Gasteiger partial charge in [-0.05, 0) is 13.8 Å². The van der Waals surface area contributed by atoms with Gasteiger partial charge >= 0.3 is 11.9 Å². The molecule has 1 atom stereocenters. The van der Waals surface area contributed by atoms with Gasteiger partial charge in [0.1, 0.15) is 0 Å². The maximum atomic E-state index is 11.4. The zero-order valence-electron chi connectivity index (χ0n) is 7.62. The van der Waals surface area contributed by atoms with Crippen molar-refractivity contribution in [3.05, 3.63) is 0 Å². The second-order valence-electron chi connectivity index (χ2n) is 3.25. The first-order chi connectivity index (χ1) is 5.90. The largest absolute Gasteiger partial charge is 0.468 e. The van der Waals surface area contributed by atoms with Crippen LogP contribution >= 0.6 is 0 Å². The smallest absolute Gasteiger partial charge is 0.329 e. The van der Waals surface area contributed by atoms with Gasteiger partial charge in [0.05, 0.1) is 7.11 Å². The van der Waals surface area contributed by atoms with Crippen LogP contribution in [-0.4, -0.2) is 30.4 Å². The minimum atomic E-state index is -1.40. The molecule has 0 aromatic carbocycles. The third-order valence-electron chi connectivity index (χ3n) is 1.88. The molecule has 0 saturated carbocycles. The summed E-state index contributed by atoms with van der Waals surface area (Å²) >= 11 is 0. The third-order valence-corrected chi connectivity index (χ3v) is 1.88. The topological polar surface area (TPSA) is 69.7 Å². The molecule has 0 radical (unpaired) electrons. The van der Waals surface area contributed by atoms with Crippen molar-refractivity contribution in [2.24, 2.45) is 5.92 Å². The van der Waals surface area contributed by atoms with Gasteiger partial charge in [0.2, 0.25) is 11.7 Å². The highest BCUT2D eigenvalue weighted by atomic mass is 16.6. The van der Waals surface area contributed by atoms with E-state index in [0.717, 1.165) is 7.11 Å². The molecule has 0 N–H and O–H groups in total. The van der Waals surface area contributed by atoms with Gasteiger partial charge in [-0.3, -0.25) is 14.4 Å². The van der Waals surface area contributed by atoms with Crippen LogP contribution in [0.1, 0.15) is 13.8 Å². The van der Waals surface area contributed by atoms with Crippen LogP contribution in [0, 0.1) is 5.92 Å². The number of carbonyl (C=O) groups is 3. The predicted molar refractivity (Wildman–Crippen MR) is 40.7 cm³/mol. The zero-order valence-corrected chi connectivity index (χ0v) is 7.62. The van der Waals surface area contributed by atoms with Gasteiger partial charge in [-0.25, -0.2) is 0 Å². The molecule has 1 aliphatic heterocycles.